The van der Waals surface area contributed by atoms with Gasteiger partial charge in [-0.1, -0.05) is 39.0 Å². The molecule has 4 heteroatoms. The topological polar surface area (TPSA) is 38.3 Å². The minimum Gasteiger partial charge on any atom is -0.492 e. The number of hydrogen-bond donors (Lipinski definition) is 1. The summed E-state index contributed by atoms with van der Waals surface area (Å²) in [5.74, 6) is 2.11. The van der Waals surface area contributed by atoms with Crippen LogP contribution < -0.4 is 10.1 Å². The van der Waals surface area contributed by atoms with E-state index in [2.05, 4.69) is 32.2 Å². The molecule has 112 valence electrons. The minimum atomic E-state index is -0.865. The fourth-order valence-electron chi connectivity index (χ4n) is 2.56. The lowest BCUT2D eigenvalue weighted by molar-refractivity contribution is 0.257. The zero-order valence-corrected chi connectivity index (χ0v) is 13.4. The summed E-state index contributed by atoms with van der Waals surface area (Å²) in [5, 5.41) is 3.60. The third-order valence-electron chi connectivity index (χ3n) is 3.48. The van der Waals surface area contributed by atoms with Crippen LogP contribution in [-0.4, -0.2) is 28.4 Å². The number of ether oxygens (including phenoxy) is 1. The lowest BCUT2D eigenvalue weighted by Gasteiger charge is -2.34. The molecule has 3 nitrogen and oxygen atoms in total. The monoisotopic (exact) mass is 295 g/mol. The van der Waals surface area contributed by atoms with Gasteiger partial charge in [-0.3, -0.25) is 4.21 Å². The van der Waals surface area contributed by atoms with Gasteiger partial charge < -0.3 is 10.1 Å². The van der Waals surface area contributed by atoms with Crippen LogP contribution in [0.2, 0.25) is 0 Å². The Morgan fingerprint density at radius 1 is 1.40 bits per heavy atom. The third-order valence-corrected chi connectivity index (χ3v) is 5.56. The normalized spacial score (nSPS) is 23.2. The quantitative estimate of drug-likeness (QED) is 0.877. The highest BCUT2D eigenvalue weighted by molar-refractivity contribution is 7.85. The number of para-hydroxylation sites is 1. The second-order valence-corrected chi connectivity index (χ2v) is 7.46. The van der Waals surface area contributed by atoms with Crippen LogP contribution in [-0.2, 0) is 10.8 Å². The van der Waals surface area contributed by atoms with Crippen molar-refractivity contribution in [1.82, 2.24) is 5.32 Å². The van der Waals surface area contributed by atoms with E-state index in [0.29, 0.717) is 12.5 Å². The van der Waals surface area contributed by atoms with Gasteiger partial charge in [-0.15, -0.1) is 0 Å². The number of benzene rings is 1. The molecule has 0 radical (unpaired) electrons. The average Bonchev–Trinajstić information content (AvgIpc) is 2.43. The van der Waals surface area contributed by atoms with Gasteiger partial charge >= 0.3 is 0 Å². The molecule has 1 aliphatic heterocycles. The van der Waals surface area contributed by atoms with Crippen LogP contribution in [0.15, 0.2) is 24.3 Å². The minimum absolute atomic E-state index is 0.0406. The first kappa shape index (κ1) is 15.5. The summed E-state index contributed by atoms with van der Waals surface area (Å²) < 4.78 is 18.4. The van der Waals surface area contributed by atoms with Crippen molar-refractivity contribution < 1.29 is 8.95 Å². The van der Waals surface area contributed by atoms with Crippen LogP contribution in [0.3, 0.4) is 0 Å². The smallest absolute Gasteiger partial charge is 0.124 e. The molecule has 1 aromatic carbocycles. The zero-order chi connectivity index (χ0) is 14.5. The maximum absolute atomic E-state index is 12.6. The lowest BCUT2D eigenvalue weighted by atomic mass is 10.00. The molecule has 0 spiro atoms. The predicted octanol–water partition coefficient (Wildman–Crippen LogP) is 2.89. The van der Waals surface area contributed by atoms with Crippen molar-refractivity contribution in [3.63, 3.8) is 0 Å². The van der Waals surface area contributed by atoms with E-state index in [0.717, 1.165) is 30.0 Å². The van der Waals surface area contributed by atoms with Crippen molar-refractivity contribution in [3.8, 4) is 5.75 Å². The Kier molecular flexibility index (Phi) is 5.61. The van der Waals surface area contributed by atoms with Crippen LogP contribution in [0, 0.1) is 5.92 Å². The molecule has 0 fully saturated rings. The molecule has 20 heavy (non-hydrogen) atoms. The molecular formula is C16H25NO2S. The zero-order valence-electron chi connectivity index (χ0n) is 12.6. The van der Waals surface area contributed by atoms with Crippen molar-refractivity contribution >= 4 is 10.8 Å². The van der Waals surface area contributed by atoms with Crippen LogP contribution in [0.25, 0.3) is 0 Å². The van der Waals surface area contributed by atoms with Crippen molar-refractivity contribution in [1.29, 1.82) is 0 Å². The number of rotatable bonds is 6. The molecule has 0 aromatic heterocycles. The van der Waals surface area contributed by atoms with Crippen LogP contribution in [0.4, 0.5) is 0 Å². The number of fused-ring (bicyclic) bond motifs is 1. The van der Waals surface area contributed by atoms with Crippen LogP contribution >= 0.6 is 0 Å². The Morgan fingerprint density at radius 2 is 2.15 bits per heavy atom. The van der Waals surface area contributed by atoms with Crippen molar-refractivity contribution in [2.24, 2.45) is 5.92 Å². The molecule has 1 N–H and O–H groups in total. The van der Waals surface area contributed by atoms with Gasteiger partial charge in [0.1, 0.15) is 12.4 Å². The first-order chi connectivity index (χ1) is 9.63. The summed E-state index contributed by atoms with van der Waals surface area (Å²) in [5.41, 5.74) is 1.15. The van der Waals surface area contributed by atoms with E-state index in [1.54, 1.807) is 0 Å². The molecular weight excluding hydrogens is 270 g/mol. The van der Waals surface area contributed by atoms with Gasteiger partial charge in [-0.25, -0.2) is 0 Å². The fraction of sp³-hybridized carbons (Fsp3) is 0.625. The van der Waals surface area contributed by atoms with E-state index >= 15 is 0 Å². The number of nitrogens with one attached hydrogen (secondary N) is 1. The van der Waals surface area contributed by atoms with Gasteiger partial charge in [-0.05, 0) is 24.9 Å². The second kappa shape index (κ2) is 7.23. The molecule has 0 saturated heterocycles. The first-order valence-corrected chi connectivity index (χ1v) is 8.84. The summed E-state index contributed by atoms with van der Waals surface area (Å²) in [7, 11) is -0.865. The molecule has 1 aliphatic rings. The van der Waals surface area contributed by atoms with Gasteiger partial charge in [-0.2, -0.15) is 0 Å². The molecule has 0 aliphatic carbocycles. The molecule has 3 unspecified atom stereocenters. The van der Waals surface area contributed by atoms with Gasteiger partial charge in [0.15, 0.2) is 0 Å². The summed E-state index contributed by atoms with van der Waals surface area (Å²) >= 11 is 0. The fourth-order valence-corrected chi connectivity index (χ4v) is 4.23. The maximum Gasteiger partial charge on any atom is 0.124 e. The molecule has 2 rings (SSSR count). The van der Waals surface area contributed by atoms with Crippen LogP contribution in [0.5, 0.6) is 5.75 Å². The Labute approximate surface area is 124 Å². The Morgan fingerprint density at radius 3 is 2.85 bits per heavy atom. The highest BCUT2D eigenvalue weighted by Crippen LogP contribution is 2.34. The average molecular weight is 295 g/mol. The van der Waals surface area contributed by atoms with E-state index in [1.807, 2.05) is 18.2 Å². The largest absolute Gasteiger partial charge is 0.492 e. The molecule has 0 saturated carbocycles. The molecule has 1 aromatic rings. The Bertz CT molecular complexity index is 462. The number of hydrogen-bond acceptors (Lipinski definition) is 3. The standard InChI is InChI=1S/C16H25NO2S/c1-4-9-17-16-13-7-5-6-8-14(13)19-10-15(16)20(18)11-12(2)3/h5-8,12,15-17H,4,9-11H2,1-3H3. The van der Waals surface area contributed by atoms with Gasteiger partial charge in [0.25, 0.3) is 0 Å². The predicted molar refractivity (Wildman–Crippen MR) is 84.6 cm³/mol. The van der Waals surface area contributed by atoms with Crippen molar-refractivity contribution in [2.45, 2.75) is 38.5 Å². The summed E-state index contributed by atoms with van der Waals surface area (Å²) in [4.78, 5) is 0. The molecule has 3 atom stereocenters. The highest BCUT2D eigenvalue weighted by Gasteiger charge is 2.34. The van der Waals surface area contributed by atoms with E-state index < -0.39 is 10.8 Å². The maximum atomic E-state index is 12.6. The SMILES string of the molecule is CCCNC1c2ccccc2OCC1S(=O)CC(C)C. The van der Waals surface area contributed by atoms with Gasteiger partial charge in [0, 0.05) is 22.1 Å². The second-order valence-electron chi connectivity index (χ2n) is 5.76. The van der Waals surface area contributed by atoms with E-state index in [9.17, 15) is 4.21 Å². The van der Waals surface area contributed by atoms with E-state index in [1.165, 1.54) is 0 Å². The summed E-state index contributed by atoms with van der Waals surface area (Å²) in [6.07, 6.45) is 1.07. The van der Waals surface area contributed by atoms with E-state index in [-0.39, 0.29) is 11.3 Å². The van der Waals surface area contributed by atoms with Gasteiger partial charge in [0.2, 0.25) is 0 Å². The third kappa shape index (κ3) is 3.61. The first-order valence-electron chi connectivity index (χ1n) is 7.45. The Balaban J connectivity index is 2.22. The molecule has 0 bridgehead atoms. The molecule has 1 heterocycles. The lowest BCUT2D eigenvalue weighted by Crippen LogP contribution is -2.43. The van der Waals surface area contributed by atoms with Gasteiger partial charge in [0.05, 0.1) is 11.3 Å². The summed E-state index contributed by atoms with van der Waals surface area (Å²) in [6.45, 7) is 7.86. The van der Waals surface area contributed by atoms with Crippen LogP contribution in [0.1, 0.15) is 38.8 Å². The highest BCUT2D eigenvalue weighted by atomic mass is 32.2. The summed E-state index contributed by atoms with van der Waals surface area (Å²) in [6, 6.07) is 8.23. The molecule has 0 amide bonds. The van der Waals surface area contributed by atoms with Crippen molar-refractivity contribution in [2.75, 3.05) is 18.9 Å². The Hall–Kier alpha value is -0.870. The van der Waals surface area contributed by atoms with Crippen molar-refractivity contribution in [3.05, 3.63) is 29.8 Å². The van der Waals surface area contributed by atoms with E-state index in [4.69, 9.17) is 4.74 Å².